The van der Waals surface area contributed by atoms with E-state index >= 15 is 0 Å². The molecule has 1 fully saturated rings. The molecule has 1 aliphatic rings. The van der Waals surface area contributed by atoms with Crippen molar-refractivity contribution >= 4 is 15.9 Å². The highest BCUT2D eigenvalue weighted by molar-refractivity contribution is 7.89. The molecule has 7 heteroatoms. The summed E-state index contributed by atoms with van der Waals surface area (Å²) >= 11 is 0. The van der Waals surface area contributed by atoms with Crippen LogP contribution in [0.25, 0.3) is 0 Å². The van der Waals surface area contributed by atoms with Gasteiger partial charge in [-0.2, -0.15) is 4.31 Å². The van der Waals surface area contributed by atoms with Crippen LogP contribution in [0.1, 0.15) is 19.8 Å². The second-order valence-corrected chi connectivity index (χ2v) is 6.81. The first kappa shape index (κ1) is 14.8. The summed E-state index contributed by atoms with van der Waals surface area (Å²) in [6.45, 7) is 2.22. The molecule has 0 spiro atoms. The zero-order valence-corrected chi connectivity index (χ0v) is 12.1. The number of phenols is 1. The maximum atomic E-state index is 12.4. The molecule has 1 heterocycles. The Hall–Kier alpha value is -1.60. The number of sulfonamides is 1. The highest BCUT2D eigenvalue weighted by atomic mass is 32.2. The summed E-state index contributed by atoms with van der Waals surface area (Å²) in [5.74, 6) is -0.0573. The maximum Gasteiger partial charge on any atom is 0.243 e. The summed E-state index contributed by atoms with van der Waals surface area (Å²) in [5.41, 5.74) is 0. The van der Waals surface area contributed by atoms with Gasteiger partial charge in [-0.1, -0.05) is 0 Å². The van der Waals surface area contributed by atoms with Gasteiger partial charge in [-0.25, -0.2) is 8.42 Å². The molecule has 1 saturated heterocycles. The molecule has 1 aliphatic heterocycles. The lowest BCUT2D eigenvalue weighted by Gasteiger charge is -2.31. The molecular formula is C13H18N2O4S. The number of carbonyl (C=O) groups excluding carboxylic acids is 1. The molecular weight excluding hydrogens is 280 g/mol. The summed E-state index contributed by atoms with van der Waals surface area (Å²) in [7, 11) is -3.52. The van der Waals surface area contributed by atoms with Gasteiger partial charge in [0.2, 0.25) is 15.9 Å². The number of carbonyl (C=O) groups is 1. The van der Waals surface area contributed by atoms with Crippen LogP contribution in [0.2, 0.25) is 0 Å². The van der Waals surface area contributed by atoms with Crippen LogP contribution < -0.4 is 5.32 Å². The van der Waals surface area contributed by atoms with Gasteiger partial charge in [0.15, 0.2) is 0 Å². The molecule has 20 heavy (non-hydrogen) atoms. The van der Waals surface area contributed by atoms with Crippen LogP contribution in [-0.4, -0.2) is 42.9 Å². The Morgan fingerprint density at radius 3 is 2.30 bits per heavy atom. The Morgan fingerprint density at radius 2 is 1.80 bits per heavy atom. The Labute approximate surface area is 118 Å². The van der Waals surface area contributed by atoms with Crippen LogP contribution >= 0.6 is 0 Å². The van der Waals surface area contributed by atoms with Gasteiger partial charge in [0.1, 0.15) is 5.75 Å². The van der Waals surface area contributed by atoms with Crippen molar-refractivity contribution in [1.29, 1.82) is 0 Å². The number of hydrogen-bond donors (Lipinski definition) is 2. The standard InChI is InChI=1S/C13H18N2O4S/c1-10(16)14-11-6-8-15(9-7-11)20(18,19)13-4-2-12(17)3-5-13/h2-5,11,17H,6-9H2,1H3,(H,14,16). The number of aromatic hydroxyl groups is 1. The van der Waals surface area contributed by atoms with Gasteiger partial charge in [0.25, 0.3) is 0 Å². The van der Waals surface area contributed by atoms with Crippen molar-refractivity contribution in [3.8, 4) is 5.75 Å². The zero-order valence-electron chi connectivity index (χ0n) is 11.2. The van der Waals surface area contributed by atoms with E-state index in [9.17, 15) is 18.3 Å². The van der Waals surface area contributed by atoms with Gasteiger partial charge >= 0.3 is 0 Å². The number of piperidine rings is 1. The fraction of sp³-hybridized carbons (Fsp3) is 0.462. The highest BCUT2D eigenvalue weighted by Crippen LogP contribution is 2.22. The molecule has 1 aromatic carbocycles. The third kappa shape index (κ3) is 3.29. The summed E-state index contributed by atoms with van der Waals surface area (Å²) in [4.78, 5) is 11.2. The Kier molecular flexibility index (Phi) is 4.29. The molecule has 1 aromatic rings. The fourth-order valence-corrected chi connectivity index (χ4v) is 3.76. The van der Waals surface area contributed by atoms with E-state index in [2.05, 4.69) is 5.32 Å². The van der Waals surface area contributed by atoms with Crippen LogP contribution in [0.15, 0.2) is 29.2 Å². The van der Waals surface area contributed by atoms with E-state index in [4.69, 9.17) is 0 Å². The van der Waals surface area contributed by atoms with Crippen molar-refractivity contribution in [3.05, 3.63) is 24.3 Å². The lowest BCUT2D eigenvalue weighted by Crippen LogP contribution is -2.45. The number of nitrogens with zero attached hydrogens (tertiary/aromatic N) is 1. The number of benzene rings is 1. The lowest BCUT2D eigenvalue weighted by atomic mass is 10.1. The van der Waals surface area contributed by atoms with Crippen molar-refractivity contribution < 1.29 is 18.3 Å². The summed E-state index contributed by atoms with van der Waals surface area (Å²) in [5, 5.41) is 12.0. The molecule has 0 radical (unpaired) electrons. The quantitative estimate of drug-likeness (QED) is 0.859. The largest absolute Gasteiger partial charge is 0.508 e. The predicted molar refractivity (Wildman–Crippen MR) is 73.7 cm³/mol. The molecule has 1 amide bonds. The molecule has 0 bridgehead atoms. The van der Waals surface area contributed by atoms with E-state index in [-0.39, 0.29) is 22.6 Å². The van der Waals surface area contributed by atoms with E-state index in [0.717, 1.165) is 0 Å². The minimum absolute atomic E-state index is 0.0355. The Bertz CT molecular complexity index is 575. The summed E-state index contributed by atoms with van der Waals surface area (Å²) < 4.78 is 26.2. The molecule has 0 aromatic heterocycles. The monoisotopic (exact) mass is 298 g/mol. The van der Waals surface area contributed by atoms with Gasteiger partial charge in [-0.15, -0.1) is 0 Å². The van der Waals surface area contributed by atoms with Crippen LogP contribution in [-0.2, 0) is 14.8 Å². The average Bonchev–Trinajstić information content (AvgIpc) is 2.39. The van der Waals surface area contributed by atoms with Gasteiger partial charge in [0, 0.05) is 26.1 Å². The van der Waals surface area contributed by atoms with Gasteiger partial charge in [0.05, 0.1) is 4.90 Å². The summed E-state index contributed by atoms with van der Waals surface area (Å²) in [6, 6.07) is 5.54. The second-order valence-electron chi connectivity index (χ2n) is 4.87. The summed E-state index contributed by atoms with van der Waals surface area (Å²) in [6.07, 6.45) is 1.22. The van der Waals surface area contributed by atoms with Crippen molar-refractivity contribution in [2.24, 2.45) is 0 Å². The van der Waals surface area contributed by atoms with Crippen molar-refractivity contribution in [3.63, 3.8) is 0 Å². The fourth-order valence-electron chi connectivity index (χ4n) is 2.30. The normalized spacial score (nSPS) is 17.9. The van der Waals surface area contributed by atoms with Crippen molar-refractivity contribution in [2.75, 3.05) is 13.1 Å². The lowest BCUT2D eigenvalue weighted by molar-refractivity contribution is -0.119. The third-order valence-electron chi connectivity index (χ3n) is 3.34. The van der Waals surface area contributed by atoms with Crippen LogP contribution in [0, 0.1) is 0 Å². The second kappa shape index (κ2) is 5.80. The molecule has 0 unspecified atom stereocenters. The molecule has 110 valence electrons. The molecule has 6 nitrogen and oxygen atoms in total. The first-order valence-electron chi connectivity index (χ1n) is 6.46. The van der Waals surface area contributed by atoms with E-state index in [1.165, 1.54) is 35.5 Å². The predicted octanol–water partition coefficient (Wildman–Crippen LogP) is 0.681. The van der Waals surface area contributed by atoms with E-state index < -0.39 is 10.0 Å². The Balaban J connectivity index is 2.05. The number of amides is 1. The third-order valence-corrected chi connectivity index (χ3v) is 5.25. The number of hydrogen-bond acceptors (Lipinski definition) is 4. The minimum Gasteiger partial charge on any atom is -0.508 e. The molecule has 0 saturated carbocycles. The average molecular weight is 298 g/mol. The molecule has 2 N–H and O–H groups in total. The number of rotatable bonds is 3. The SMILES string of the molecule is CC(=O)NC1CCN(S(=O)(=O)c2ccc(O)cc2)CC1. The molecule has 2 rings (SSSR count). The van der Waals surface area contributed by atoms with Crippen LogP contribution in [0.4, 0.5) is 0 Å². The van der Waals surface area contributed by atoms with Crippen molar-refractivity contribution in [2.45, 2.75) is 30.7 Å². The van der Waals surface area contributed by atoms with E-state index in [0.29, 0.717) is 25.9 Å². The van der Waals surface area contributed by atoms with Crippen molar-refractivity contribution in [1.82, 2.24) is 9.62 Å². The highest BCUT2D eigenvalue weighted by Gasteiger charge is 2.29. The molecule has 0 atom stereocenters. The smallest absolute Gasteiger partial charge is 0.243 e. The van der Waals surface area contributed by atoms with Gasteiger partial charge in [-0.05, 0) is 37.1 Å². The topological polar surface area (TPSA) is 86.7 Å². The first-order valence-corrected chi connectivity index (χ1v) is 7.90. The first-order chi connectivity index (χ1) is 9.39. The Morgan fingerprint density at radius 1 is 1.25 bits per heavy atom. The maximum absolute atomic E-state index is 12.4. The molecule has 0 aliphatic carbocycles. The van der Waals surface area contributed by atoms with E-state index in [1.807, 2.05) is 0 Å². The van der Waals surface area contributed by atoms with Gasteiger partial charge < -0.3 is 10.4 Å². The number of phenolic OH excluding ortho intramolecular Hbond substituents is 1. The van der Waals surface area contributed by atoms with Crippen LogP contribution in [0.5, 0.6) is 5.75 Å². The van der Waals surface area contributed by atoms with Crippen LogP contribution in [0.3, 0.4) is 0 Å². The zero-order chi connectivity index (χ0) is 14.8. The van der Waals surface area contributed by atoms with Gasteiger partial charge in [-0.3, -0.25) is 4.79 Å². The minimum atomic E-state index is -3.52. The number of nitrogens with one attached hydrogen (secondary N) is 1. The van der Waals surface area contributed by atoms with E-state index in [1.54, 1.807) is 0 Å².